The Morgan fingerprint density at radius 1 is 1.50 bits per heavy atom. The minimum atomic E-state index is -4.15. The van der Waals surface area contributed by atoms with Crippen molar-refractivity contribution in [3.8, 4) is 0 Å². The molecule has 0 aliphatic heterocycles. The Morgan fingerprint density at radius 2 is 2.22 bits per heavy atom. The third-order valence-corrected chi connectivity index (χ3v) is 3.58. The molecule has 0 bridgehead atoms. The summed E-state index contributed by atoms with van der Waals surface area (Å²) in [5.41, 5.74) is -3.19. The van der Waals surface area contributed by atoms with Gasteiger partial charge in [0.1, 0.15) is 5.82 Å². The smallest absolute Gasteiger partial charge is 0.330 e. The van der Waals surface area contributed by atoms with Crippen molar-refractivity contribution in [2.75, 3.05) is 5.75 Å². The van der Waals surface area contributed by atoms with Crippen molar-refractivity contribution >= 4 is 11.8 Å². The topological polar surface area (TPSA) is 29.9 Å². The van der Waals surface area contributed by atoms with E-state index in [-0.39, 0.29) is 17.5 Å². The molecule has 18 heavy (non-hydrogen) atoms. The van der Waals surface area contributed by atoms with Gasteiger partial charge in [0.25, 0.3) is 0 Å². The lowest BCUT2D eigenvalue weighted by Crippen LogP contribution is -2.19. The lowest BCUT2D eigenvalue weighted by Gasteiger charge is -2.11. The molecule has 1 saturated carbocycles. The van der Waals surface area contributed by atoms with Gasteiger partial charge in [-0.15, -0.1) is 0 Å². The molecule has 102 valence electrons. The van der Waals surface area contributed by atoms with Crippen LogP contribution in [0.5, 0.6) is 0 Å². The van der Waals surface area contributed by atoms with Crippen LogP contribution >= 0.6 is 11.8 Å². The van der Waals surface area contributed by atoms with E-state index in [1.165, 1.54) is 12.8 Å². The highest BCUT2D eigenvalue weighted by Crippen LogP contribution is 2.30. The maximum Gasteiger partial charge on any atom is 0.441 e. The number of hydrogen-bond acceptors (Lipinski definition) is 3. The number of alkyl halides is 3. The Hall–Kier alpha value is -0.690. The van der Waals surface area contributed by atoms with Crippen molar-refractivity contribution in [2.45, 2.75) is 44.4 Å². The number of aryl methyl sites for hydroxylation is 1. The zero-order valence-corrected chi connectivity index (χ0v) is 10.9. The quantitative estimate of drug-likeness (QED) is 0.868. The maximum absolute atomic E-state index is 12.1. The molecule has 0 spiro atoms. The van der Waals surface area contributed by atoms with Crippen molar-refractivity contribution in [1.29, 1.82) is 0 Å². The van der Waals surface area contributed by atoms with Gasteiger partial charge in [0.2, 0.25) is 0 Å². The molecule has 0 saturated heterocycles. The second-order valence-corrected chi connectivity index (χ2v) is 5.56. The minimum Gasteiger partial charge on any atom is -0.330 e. The van der Waals surface area contributed by atoms with Crippen LogP contribution < -0.4 is 5.32 Å². The van der Waals surface area contributed by atoms with Gasteiger partial charge >= 0.3 is 5.51 Å². The summed E-state index contributed by atoms with van der Waals surface area (Å²) in [7, 11) is 0. The van der Waals surface area contributed by atoms with Gasteiger partial charge < -0.3 is 9.88 Å². The van der Waals surface area contributed by atoms with Crippen LogP contribution in [0.15, 0.2) is 6.20 Å². The van der Waals surface area contributed by atoms with Crippen LogP contribution in [0.2, 0.25) is 0 Å². The summed E-state index contributed by atoms with van der Waals surface area (Å²) in [5.74, 6) is 0.794. The number of hydrogen-bond donors (Lipinski definition) is 1. The van der Waals surface area contributed by atoms with Crippen LogP contribution in [0.4, 0.5) is 13.2 Å². The van der Waals surface area contributed by atoms with Crippen LogP contribution in [-0.2, 0) is 13.1 Å². The Kier molecular flexibility index (Phi) is 4.21. The fraction of sp³-hybridized carbons (Fsp3) is 0.727. The summed E-state index contributed by atoms with van der Waals surface area (Å²) in [6, 6.07) is 0.582. The highest BCUT2D eigenvalue weighted by Gasteiger charge is 2.27. The first-order valence-corrected chi connectivity index (χ1v) is 6.89. The molecule has 0 aromatic carbocycles. The first kappa shape index (κ1) is 13.7. The third kappa shape index (κ3) is 4.20. The number of aromatic nitrogens is 2. The highest BCUT2D eigenvalue weighted by atomic mass is 32.2. The number of nitrogens with one attached hydrogen (secondary N) is 1. The summed E-state index contributed by atoms with van der Waals surface area (Å²) in [5, 5.41) is 3.34. The lowest BCUT2D eigenvalue weighted by atomic mass is 10.4. The average molecular weight is 279 g/mol. The molecule has 1 aliphatic carbocycles. The van der Waals surface area contributed by atoms with E-state index in [2.05, 4.69) is 10.3 Å². The predicted octanol–water partition coefficient (Wildman–Crippen LogP) is 2.70. The first-order chi connectivity index (χ1) is 8.46. The van der Waals surface area contributed by atoms with Gasteiger partial charge in [0.15, 0.2) is 0 Å². The summed E-state index contributed by atoms with van der Waals surface area (Å²) in [6.07, 6.45) is 4.12. The fourth-order valence-electron chi connectivity index (χ4n) is 1.75. The largest absolute Gasteiger partial charge is 0.441 e. The zero-order valence-electron chi connectivity index (χ0n) is 10.1. The van der Waals surface area contributed by atoms with Gasteiger partial charge in [-0.1, -0.05) is 0 Å². The Labute approximate surface area is 108 Å². The van der Waals surface area contributed by atoms with E-state index < -0.39 is 5.51 Å². The molecule has 1 aliphatic rings. The molecule has 2 rings (SSSR count). The summed E-state index contributed by atoms with van der Waals surface area (Å²) < 4.78 is 38.1. The average Bonchev–Trinajstić information content (AvgIpc) is 3.02. The van der Waals surface area contributed by atoms with E-state index in [9.17, 15) is 13.2 Å². The zero-order chi connectivity index (χ0) is 13.2. The summed E-state index contributed by atoms with van der Waals surface area (Å²) >= 11 is 0.0169. The van der Waals surface area contributed by atoms with Crippen molar-refractivity contribution in [3.63, 3.8) is 0 Å². The van der Waals surface area contributed by atoms with Crippen molar-refractivity contribution in [2.24, 2.45) is 0 Å². The molecular formula is C11H16F3N3S. The molecule has 0 radical (unpaired) electrons. The molecule has 0 amide bonds. The standard InChI is InChI=1S/C11H16F3N3S/c1-8-15-6-10(7-16-9-2-3-9)17(8)4-5-18-11(12,13)14/h6,9,16H,2-5,7H2,1H3. The number of thioether (sulfide) groups is 1. The molecule has 3 nitrogen and oxygen atoms in total. The normalized spacial score (nSPS) is 16.2. The molecule has 7 heteroatoms. The van der Waals surface area contributed by atoms with Crippen LogP contribution in [0.1, 0.15) is 24.4 Å². The highest BCUT2D eigenvalue weighted by molar-refractivity contribution is 8.00. The Balaban J connectivity index is 1.86. The molecule has 0 unspecified atom stereocenters. The van der Waals surface area contributed by atoms with Gasteiger partial charge in [0.05, 0.1) is 5.69 Å². The number of nitrogens with zero attached hydrogens (tertiary/aromatic N) is 2. The van der Waals surface area contributed by atoms with Gasteiger partial charge in [0, 0.05) is 31.1 Å². The van der Waals surface area contributed by atoms with Crippen LogP contribution in [0.3, 0.4) is 0 Å². The second kappa shape index (κ2) is 5.52. The monoisotopic (exact) mass is 279 g/mol. The molecule has 1 heterocycles. The van der Waals surface area contributed by atoms with Gasteiger partial charge in [-0.3, -0.25) is 0 Å². The number of imidazole rings is 1. The summed E-state index contributed by atoms with van der Waals surface area (Å²) in [4.78, 5) is 4.16. The molecule has 0 atom stereocenters. The SMILES string of the molecule is Cc1ncc(CNC2CC2)n1CCSC(F)(F)F. The van der Waals surface area contributed by atoms with E-state index in [4.69, 9.17) is 0 Å². The van der Waals surface area contributed by atoms with E-state index in [0.717, 1.165) is 11.5 Å². The van der Waals surface area contributed by atoms with E-state index >= 15 is 0 Å². The molecule has 1 aromatic heterocycles. The van der Waals surface area contributed by atoms with Crippen LogP contribution in [-0.4, -0.2) is 26.9 Å². The van der Waals surface area contributed by atoms with E-state index in [1.54, 1.807) is 6.20 Å². The number of halogens is 3. The van der Waals surface area contributed by atoms with Gasteiger partial charge in [-0.05, 0) is 31.5 Å². The van der Waals surface area contributed by atoms with Crippen molar-refractivity contribution in [3.05, 3.63) is 17.7 Å². The van der Waals surface area contributed by atoms with Gasteiger partial charge in [-0.25, -0.2) is 4.98 Å². The molecule has 1 N–H and O–H groups in total. The van der Waals surface area contributed by atoms with Gasteiger partial charge in [-0.2, -0.15) is 13.2 Å². The van der Waals surface area contributed by atoms with E-state index in [0.29, 0.717) is 19.1 Å². The first-order valence-electron chi connectivity index (χ1n) is 5.91. The molecular weight excluding hydrogens is 263 g/mol. The van der Waals surface area contributed by atoms with Crippen LogP contribution in [0, 0.1) is 6.92 Å². The number of rotatable bonds is 6. The Morgan fingerprint density at radius 3 is 2.83 bits per heavy atom. The second-order valence-electron chi connectivity index (χ2n) is 4.40. The van der Waals surface area contributed by atoms with Crippen LogP contribution in [0.25, 0.3) is 0 Å². The fourth-order valence-corrected chi connectivity index (χ4v) is 2.26. The predicted molar refractivity (Wildman–Crippen MR) is 65.3 cm³/mol. The van der Waals surface area contributed by atoms with Crippen molar-refractivity contribution < 1.29 is 13.2 Å². The summed E-state index contributed by atoms with van der Waals surface area (Å²) in [6.45, 7) is 2.85. The third-order valence-electron chi connectivity index (χ3n) is 2.87. The minimum absolute atomic E-state index is 0.0169. The molecule has 1 fully saturated rings. The lowest BCUT2D eigenvalue weighted by molar-refractivity contribution is -0.0328. The maximum atomic E-state index is 12.1. The Bertz CT molecular complexity index is 399. The van der Waals surface area contributed by atoms with Crippen molar-refractivity contribution in [1.82, 2.24) is 14.9 Å². The molecule has 1 aromatic rings. The van der Waals surface area contributed by atoms with E-state index in [1.807, 2.05) is 11.5 Å².